The molecule has 1 heterocycles. The lowest BCUT2D eigenvalue weighted by atomic mass is 9.78. The van der Waals surface area contributed by atoms with Crippen LogP contribution in [0.1, 0.15) is 88.2 Å². The highest BCUT2D eigenvalue weighted by Gasteiger charge is 2.23. The van der Waals surface area contributed by atoms with Gasteiger partial charge in [0.05, 0.1) is 24.2 Å². The summed E-state index contributed by atoms with van der Waals surface area (Å²) < 4.78 is 17.4. The number of aryl methyl sites for hydroxylation is 1. The van der Waals surface area contributed by atoms with Crippen molar-refractivity contribution < 1.29 is 14.2 Å². The topological polar surface area (TPSA) is 53.5 Å². The first-order valence-electron chi connectivity index (χ1n) is 13.8. The van der Waals surface area contributed by atoms with Gasteiger partial charge in [0.1, 0.15) is 18.1 Å². The molecule has 3 aromatic rings. The molecule has 200 valence electrons. The van der Waals surface area contributed by atoms with Crippen LogP contribution < -0.4 is 9.47 Å². The Morgan fingerprint density at radius 3 is 1.84 bits per heavy atom. The summed E-state index contributed by atoms with van der Waals surface area (Å²) >= 11 is 0. The summed E-state index contributed by atoms with van der Waals surface area (Å²) in [6.45, 7) is 11.6. The number of aromatic nitrogens is 2. The fourth-order valence-corrected chi connectivity index (χ4v) is 4.29. The second-order valence-corrected chi connectivity index (χ2v) is 10.2. The molecule has 0 atom stereocenters. The minimum absolute atomic E-state index is 0.124. The second kappa shape index (κ2) is 15.4. The largest absolute Gasteiger partial charge is 0.494 e. The van der Waals surface area contributed by atoms with Crippen molar-refractivity contribution in [2.45, 2.75) is 84.7 Å². The Hall–Kier alpha value is -2.92. The fraction of sp³-hybridized carbons (Fsp3) is 0.500. The van der Waals surface area contributed by atoms with E-state index in [2.05, 4.69) is 67.1 Å². The third kappa shape index (κ3) is 9.81. The standard InChI is InChI=1S/C32H44N2O3/c1-5-20-35-21-10-8-6-7-9-11-22-36-30-16-12-27(13-17-30)32(3,4)28-14-18-31(19-15-28)37-25-29-24-33-23-26(2)34-29/h12-19,23-24H,5-11,20-22,25H2,1-4H3. The van der Waals surface area contributed by atoms with Crippen LogP contribution >= 0.6 is 0 Å². The van der Waals surface area contributed by atoms with Gasteiger partial charge in [0.2, 0.25) is 0 Å². The van der Waals surface area contributed by atoms with Crippen LogP contribution in [0.4, 0.5) is 0 Å². The maximum Gasteiger partial charge on any atom is 0.132 e. The number of hydrogen-bond acceptors (Lipinski definition) is 5. The lowest BCUT2D eigenvalue weighted by Gasteiger charge is -2.26. The summed E-state index contributed by atoms with van der Waals surface area (Å²) in [5.41, 5.74) is 4.09. The lowest BCUT2D eigenvalue weighted by Crippen LogP contribution is -2.18. The minimum atomic E-state index is -0.124. The van der Waals surface area contributed by atoms with Crippen LogP contribution in [0.15, 0.2) is 60.9 Å². The maximum absolute atomic E-state index is 5.99. The molecule has 0 radical (unpaired) electrons. The monoisotopic (exact) mass is 504 g/mol. The summed E-state index contributed by atoms with van der Waals surface area (Å²) in [6.07, 6.45) is 11.9. The first-order chi connectivity index (χ1) is 18.0. The summed E-state index contributed by atoms with van der Waals surface area (Å²) in [5, 5.41) is 0. The molecule has 3 rings (SSSR count). The van der Waals surface area contributed by atoms with Crippen LogP contribution in [0.2, 0.25) is 0 Å². The Kier molecular flexibility index (Phi) is 11.9. The highest BCUT2D eigenvalue weighted by Crippen LogP contribution is 2.33. The Balaban J connectivity index is 1.38. The van der Waals surface area contributed by atoms with Crippen molar-refractivity contribution in [2.75, 3.05) is 19.8 Å². The normalized spacial score (nSPS) is 11.5. The molecule has 0 amide bonds. The van der Waals surface area contributed by atoms with Crippen LogP contribution in [0, 0.1) is 6.92 Å². The zero-order valence-electron chi connectivity index (χ0n) is 23.2. The van der Waals surface area contributed by atoms with Gasteiger partial charge in [-0.05, 0) is 61.6 Å². The summed E-state index contributed by atoms with van der Waals surface area (Å²) in [4.78, 5) is 8.61. The Morgan fingerprint density at radius 2 is 1.24 bits per heavy atom. The first kappa shape index (κ1) is 28.6. The molecule has 37 heavy (non-hydrogen) atoms. The molecule has 5 nitrogen and oxygen atoms in total. The zero-order chi connectivity index (χ0) is 26.3. The third-order valence-electron chi connectivity index (χ3n) is 6.64. The van der Waals surface area contributed by atoms with E-state index in [0.717, 1.165) is 55.5 Å². The number of benzene rings is 2. The van der Waals surface area contributed by atoms with Crippen molar-refractivity contribution in [3.63, 3.8) is 0 Å². The number of nitrogens with zero attached hydrogens (tertiary/aromatic N) is 2. The van der Waals surface area contributed by atoms with E-state index in [-0.39, 0.29) is 5.41 Å². The maximum atomic E-state index is 5.99. The van der Waals surface area contributed by atoms with E-state index in [1.165, 1.54) is 43.2 Å². The van der Waals surface area contributed by atoms with Gasteiger partial charge in [-0.1, -0.05) is 70.7 Å². The average molecular weight is 505 g/mol. The van der Waals surface area contributed by atoms with Crippen molar-refractivity contribution in [1.29, 1.82) is 0 Å². The Morgan fingerprint density at radius 1 is 0.676 bits per heavy atom. The van der Waals surface area contributed by atoms with Gasteiger partial charge in [-0.2, -0.15) is 0 Å². The van der Waals surface area contributed by atoms with E-state index < -0.39 is 0 Å². The van der Waals surface area contributed by atoms with Crippen molar-refractivity contribution in [3.8, 4) is 11.5 Å². The molecular weight excluding hydrogens is 460 g/mol. The quantitative estimate of drug-likeness (QED) is 0.175. The number of rotatable bonds is 17. The highest BCUT2D eigenvalue weighted by molar-refractivity contribution is 5.41. The SMILES string of the molecule is CCCOCCCCCCCCOc1ccc(C(C)(C)c2ccc(OCc3cncc(C)n3)cc2)cc1. The van der Waals surface area contributed by atoms with Gasteiger partial charge in [0, 0.05) is 24.8 Å². The van der Waals surface area contributed by atoms with E-state index in [4.69, 9.17) is 14.2 Å². The third-order valence-corrected chi connectivity index (χ3v) is 6.64. The smallest absolute Gasteiger partial charge is 0.132 e. The minimum Gasteiger partial charge on any atom is -0.494 e. The molecule has 0 aliphatic carbocycles. The van der Waals surface area contributed by atoms with E-state index in [1.54, 1.807) is 12.4 Å². The van der Waals surface area contributed by atoms with Crippen molar-refractivity contribution in [3.05, 3.63) is 83.4 Å². The van der Waals surface area contributed by atoms with E-state index in [0.29, 0.717) is 6.61 Å². The molecule has 0 saturated heterocycles. The predicted octanol–water partition coefficient (Wildman–Crippen LogP) is 7.84. The van der Waals surface area contributed by atoms with Crippen LogP contribution in [-0.2, 0) is 16.8 Å². The lowest BCUT2D eigenvalue weighted by molar-refractivity contribution is 0.130. The van der Waals surface area contributed by atoms with E-state index in [1.807, 2.05) is 19.1 Å². The second-order valence-electron chi connectivity index (χ2n) is 10.2. The molecule has 0 aliphatic heterocycles. The number of hydrogen-bond donors (Lipinski definition) is 0. The van der Waals surface area contributed by atoms with Crippen LogP contribution in [0.5, 0.6) is 11.5 Å². The molecule has 0 N–H and O–H groups in total. The predicted molar refractivity (Wildman–Crippen MR) is 150 cm³/mol. The molecule has 1 aromatic heterocycles. The van der Waals surface area contributed by atoms with E-state index in [9.17, 15) is 0 Å². The van der Waals surface area contributed by atoms with Crippen LogP contribution in [0.25, 0.3) is 0 Å². The van der Waals surface area contributed by atoms with E-state index >= 15 is 0 Å². The highest BCUT2D eigenvalue weighted by atomic mass is 16.5. The zero-order valence-corrected chi connectivity index (χ0v) is 23.2. The summed E-state index contributed by atoms with van der Waals surface area (Å²) in [5.74, 6) is 1.77. The number of ether oxygens (including phenoxy) is 3. The van der Waals surface area contributed by atoms with Crippen molar-refractivity contribution in [2.24, 2.45) is 0 Å². The first-order valence-corrected chi connectivity index (χ1v) is 13.8. The fourth-order valence-electron chi connectivity index (χ4n) is 4.29. The molecule has 0 aliphatic rings. The van der Waals surface area contributed by atoms with Gasteiger partial charge in [-0.25, -0.2) is 0 Å². The van der Waals surface area contributed by atoms with Gasteiger partial charge in [-0.15, -0.1) is 0 Å². The van der Waals surface area contributed by atoms with Crippen molar-refractivity contribution in [1.82, 2.24) is 9.97 Å². The van der Waals surface area contributed by atoms with Gasteiger partial charge in [0.25, 0.3) is 0 Å². The molecule has 0 fully saturated rings. The van der Waals surface area contributed by atoms with Gasteiger partial charge in [0.15, 0.2) is 0 Å². The molecule has 0 saturated carbocycles. The van der Waals surface area contributed by atoms with Gasteiger partial charge < -0.3 is 14.2 Å². The molecule has 5 heteroatoms. The van der Waals surface area contributed by atoms with Crippen LogP contribution in [-0.4, -0.2) is 29.8 Å². The van der Waals surface area contributed by atoms with Crippen molar-refractivity contribution >= 4 is 0 Å². The molecule has 2 aromatic carbocycles. The average Bonchev–Trinajstić information content (AvgIpc) is 2.91. The number of unbranched alkanes of at least 4 members (excludes halogenated alkanes) is 5. The molecule has 0 spiro atoms. The molecule has 0 unspecified atom stereocenters. The molecular formula is C32H44N2O3. The Labute approximate surface area is 223 Å². The summed E-state index contributed by atoms with van der Waals surface area (Å²) in [6, 6.07) is 16.9. The summed E-state index contributed by atoms with van der Waals surface area (Å²) in [7, 11) is 0. The van der Waals surface area contributed by atoms with Crippen LogP contribution in [0.3, 0.4) is 0 Å². The van der Waals surface area contributed by atoms with Gasteiger partial charge >= 0.3 is 0 Å². The molecule has 0 bridgehead atoms. The van der Waals surface area contributed by atoms with Gasteiger partial charge in [-0.3, -0.25) is 9.97 Å². The Bertz CT molecular complexity index is 1030.